The van der Waals surface area contributed by atoms with Crippen LogP contribution in [0.2, 0.25) is 0 Å². The third-order valence-electron chi connectivity index (χ3n) is 5.11. The molecule has 2 rings (SSSR count). The van der Waals surface area contributed by atoms with Crippen molar-refractivity contribution >= 4 is 18.9 Å². The monoisotopic (exact) mass is 403 g/mol. The van der Waals surface area contributed by atoms with Crippen LogP contribution in [0.25, 0.3) is 0 Å². The summed E-state index contributed by atoms with van der Waals surface area (Å²) in [7, 11) is -3.97. The van der Waals surface area contributed by atoms with Crippen molar-refractivity contribution < 1.29 is 19.1 Å². The maximum atomic E-state index is 11.0. The molecule has 0 amide bonds. The predicted molar refractivity (Wildman–Crippen MR) is 108 cm³/mol. The van der Waals surface area contributed by atoms with Crippen LogP contribution in [0, 0.1) is 0 Å². The van der Waals surface area contributed by atoms with Crippen molar-refractivity contribution in [3.63, 3.8) is 0 Å². The average molecular weight is 404 g/mol. The molecule has 1 aliphatic rings. The van der Waals surface area contributed by atoms with Crippen LogP contribution >= 0.6 is 18.9 Å². The van der Waals surface area contributed by atoms with Gasteiger partial charge in [0.25, 0.3) is 0 Å². The second-order valence-corrected chi connectivity index (χ2v) is 10.9. The second-order valence-electron chi connectivity index (χ2n) is 7.89. The SMILES string of the molecule is CC(N)(CCc1ccc(CCCOC2CCCCC2)s1)CCP(=O)(O)O. The van der Waals surface area contributed by atoms with Crippen LogP contribution in [-0.2, 0) is 22.1 Å². The van der Waals surface area contributed by atoms with Crippen molar-refractivity contribution in [1.29, 1.82) is 0 Å². The van der Waals surface area contributed by atoms with Crippen LogP contribution in [0.4, 0.5) is 0 Å². The lowest BCUT2D eigenvalue weighted by Crippen LogP contribution is -2.37. The van der Waals surface area contributed by atoms with Gasteiger partial charge in [-0.3, -0.25) is 4.57 Å². The zero-order valence-electron chi connectivity index (χ0n) is 15.9. The molecule has 0 saturated heterocycles. The van der Waals surface area contributed by atoms with Gasteiger partial charge in [0.1, 0.15) is 0 Å². The molecular weight excluding hydrogens is 369 g/mol. The van der Waals surface area contributed by atoms with Crippen LogP contribution in [0.15, 0.2) is 12.1 Å². The van der Waals surface area contributed by atoms with Crippen LogP contribution in [0.5, 0.6) is 0 Å². The van der Waals surface area contributed by atoms with E-state index in [-0.39, 0.29) is 6.16 Å². The van der Waals surface area contributed by atoms with Crippen LogP contribution in [0.3, 0.4) is 0 Å². The molecular formula is C19H34NO4PS. The Morgan fingerprint density at radius 2 is 1.85 bits per heavy atom. The first kappa shape index (κ1) is 22.1. The Balaban J connectivity index is 1.64. The summed E-state index contributed by atoms with van der Waals surface area (Å²) in [5.41, 5.74) is 5.65. The molecule has 0 aromatic carbocycles. The minimum Gasteiger partial charge on any atom is -0.378 e. The summed E-state index contributed by atoms with van der Waals surface area (Å²) in [6.45, 7) is 2.72. The highest BCUT2D eigenvalue weighted by Gasteiger charge is 2.23. The van der Waals surface area contributed by atoms with E-state index >= 15 is 0 Å². The third kappa shape index (κ3) is 9.12. The van der Waals surface area contributed by atoms with Gasteiger partial charge < -0.3 is 20.3 Å². The predicted octanol–water partition coefficient (Wildman–Crippen LogP) is 4.25. The minimum atomic E-state index is -3.97. The fraction of sp³-hybridized carbons (Fsp3) is 0.789. The quantitative estimate of drug-likeness (QED) is 0.379. The second kappa shape index (κ2) is 10.4. The Hall–Kier alpha value is -0.230. The van der Waals surface area contributed by atoms with Gasteiger partial charge in [0.2, 0.25) is 0 Å². The van der Waals surface area contributed by atoms with Crippen LogP contribution in [0.1, 0.15) is 68.0 Å². The fourth-order valence-electron chi connectivity index (χ4n) is 3.35. The van der Waals surface area contributed by atoms with Gasteiger partial charge in [0, 0.05) is 21.9 Å². The van der Waals surface area contributed by atoms with E-state index in [9.17, 15) is 4.57 Å². The standard InChI is InChI=1S/C19H34NO4PS/c1-19(20,13-15-25(21,22)23)12-11-18-10-9-17(26-18)8-5-14-24-16-6-3-2-4-7-16/h9-10,16H,2-8,11-15,20H2,1H3,(H2,21,22,23). The zero-order valence-corrected chi connectivity index (χ0v) is 17.6. The summed E-state index contributed by atoms with van der Waals surface area (Å²) in [6.07, 6.45) is 10.8. The van der Waals surface area contributed by atoms with Gasteiger partial charge in [-0.05, 0) is 64.0 Å². The van der Waals surface area contributed by atoms with Gasteiger partial charge >= 0.3 is 7.60 Å². The maximum Gasteiger partial charge on any atom is 0.325 e. The molecule has 1 aromatic rings. The van der Waals surface area contributed by atoms with Crippen LogP contribution < -0.4 is 5.73 Å². The molecule has 0 radical (unpaired) electrons. The third-order valence-corrected chi connectivity index (χ3v) is 7.12. The summed E-state index contributed by atoms with van der Waals surface area (Å²) in [5, 5.41) is 0. The normalized spacial score (nSPS) is 18.8. The van der Waals surface area contributed by atoms with E-state index in [4.69, 9.17) is 20.3 Å². The molecule has 0 bridgehead atoms. The molecule has 0 spiro atoms. The van der Waals surface area contributed by atoms with E-state index in [0.29, 0.717) is 12.5 Å². The number of nitrogens with two attached hydrogens (primary N) is 1. The highest BCUT2D eigenvalue weighted by atomic mass is 32.1. The Morgan fingerprint density at radius 3 is 2.50 bits per heavy atom. The van der Waals surface area contributed by atoms with E-state index in [1.807, 2.05) is 18.3 Å². The molecule has 1 heterocycles. The molecule has 1 aromatic heterocycles. The smallest absolute Gasteiger partial charge is 0.325 e. The molecule has 5 nitrogen and oxygen atoms in total. The highest BCUT2D eigenvalue weighted by Crippen LogP contribution is 2.37. The lowest BCUT2D eigenvalue weighted by atomic mass is 9.94. The number of hydrogen-bond donors (Lipinski definition) is 3. The van der Waals surface area contributed by atoms with E-state index < -0.39 is 13.1 Å². The molecule has 7 heteroatoms. The molecule has 1 fully saturated rings. The Morgan fingerprint density at radius 1 is 1.19 bits per heavy atom. The molecule has 26 heavy (non-hydrogen) atoms. The Labute approximate surface area is 161 Å². The van der Waals surface area contributed by atoms with Crippen molar-refractivity contribution in [2.75, 3.05) is 12.8 Å². The topological polar surface area (TPSA) is 92.8 Å². The lowest BCUT2D eigenvalue weighted by molar-refractivity contribution is 0.0274. The van der Waals surface area contributed by atoms with E-state index in [1.165, 1.54) is 41.9 Å². The molecule has 150 valence electrons. The van der Waals surface area contributed by atoms with Gasteiger partial charge in [0.05, 0.1) is 12.3 Å². The van der Waals surface area contributed by atoms with Gasteiger partial charge in [-0.15, -0.1) is 11.3 Å². The molecule has 1 atom stereocenters. The summed E-state index contributed by atoms with van der Waals surface area (Å²) < 4.78 is 17.0. The molecule has 1 unspecified atom stereocenters. The largest absolute Gasteiger partial charge is 0.378 e. The van der Waals surface area contributed by atoms with Crippen molar-refractivity contribution in [3.05, 3.63) is 21.9 Å². The van der Waals surface area contributed by atoms with Gasteiger partial charge in [-0.2, -0.15) is 0 Å². The Kier molecular flexibility index (Phi) is 8.78. The molecule has 4 N–H and O–H groups in total. The number of ether oxygens (including phenoxy) is 1. The first-order valence-electron chi connectivity index (χ1n) is 9.76. The summed E-state index contributed by atoms with van der Waals surface area (Å²) in [6, 6.07) is 4.34. The van der Waals surface area contributed by atoms with E-state index in [0.717, 1.165) is 32.3 Å². The highest BCUT2D eigenvalue weighted by molar-refractivity contribution is 7.51. The van der Waals surface area contributed by atoms with Gasteiger partial charge in [0.15, 0.2) is 0 Å². The summed E-state index contributed by atoms with van der Waals surface area (Å²) in [4.78, 5) is 20.7. The van der Waals surface area contributed by atoms with Crippen molar-refractivity contribution in [2.45, 2.75) is 82.8 Å². The fourth-order valence-corrected chi connectivity index (χ4v) is 5.22. The van der Waals surface area contributed by atoms with Crippen molar-refractivity contribution in [2.24, 2.45) is 5.73 Å². The number of thiophene rings is 1. The number of hydrogen-bond acceptors (Lipinski definition) is 4. The Bertz CT molecular complexity index is 578. The molecule has 1 aliphatic carbocycles. The first-order valence-corrected chi connectivity index (χ1v) is 12.4. The van der Waals surface area contributed by atoms with Crippen molar-refractivity contribution in [1.82, 2.24) is 0 Å². The molecule has 1 saturated carbocycles. The zero-order chi connectivity index (χ0) is 19.0. The minimum absolute atomic E-state index is 0.142. The average Bonchev–Trinajstić information content (AvgIpc) is 3.04. The van der Waals surface area contributed by atoms with E-state index in [2.05, 4.69) is 12.1 Å². The molecule has 0 aliphatic heterocycles. The van der Waals surface area contributed by atoms with Gasteiger partial charge in [-0.1, -0.05) is 19.3 Å². The van der Waals surface area contributed by atoms with E-state index in [1.54, 1.807) is 0 Å². The number of rotatable bonds is 11. The summed E-state index contributed by atoms with van der Waals surface area (Å²) >= 11 is 1.82. The van der Waals surface area contributed by atoms with Gasteiger partial charge in [-0.25, -0.2) is 0 Å². The maximum absolute atomic E-state index is 11.0. The van der Waals surface area contributed by atoms with Crippen LogP contribution in [-0.4, -0.2) is 34.2 Å². The summed E-state index contributed by atoms with van der Waals surface area (Å²) in [5.74, 6) is 0. The van der Waals surface area contributed by atoms with Crippen molar-refractivity contribution in [3.8, 4) is 0 Å². The first-order chi connectivity index (χ1) is 12.2. The lowest BCUT2D eigenvalue weighted by Gasteiger charge is -2.24. The number of aryl methyl sites for hydroxylation is 2.